The molecule has 0 bridgehead atoms. The Morgan fingerprint density at radius 2 is 2.04 bits per heavy atom. The third kappa shape index (κ3) is 3.14. The van der Waals surface area contributed by atoms with Gasteiger partial charge in [-0.3, -0.25) is 0 Å². The van der Waals surface area contributed by atoms with Gasteiger partial charge in [0, 0.05) is 30.9 Å². The second-order valence-corrected chi connectivity index (χ2v) is 6.42. The number of hydrogen-bond donors (Lipinski definition) is 1. The predicted octanol–water partition coefficient (Wildman–Crippen LogP) is 4.06. The van der Waals surface area contributed by atoms with Gasteiger partial charge in [-0.05, 0) is 30.0 Å². The number of anilines is 1. The maximum Gasteiger partial charge on any atom is 0.172 e. The quantitative estimate of drug-likeness (QED) is 0.540. The molecule has 120 valence electrons. The molecular weight excluding hydrogens is 318 g/mol. The van der Waals surface area contributed by atoms with E-state index < -0.39 is 0 Å². The molecule has 0 atom stereocenters. The number of benzene rings is 1. The molecule has 4 aromatic rings. The molecular formula is C18H17N5S. The molecule has 1 aromatic carbocycles. The monoisotopic (exact) mass is 335 g/mol. The highest BCUT2D eigenvalue weighted by Crippen LogP contribution is 2.27. The minimum absolute atomic E-state index is 0.779. The molecule has 4 rings (SSSR count). The number of nitrogens with one attached hydrogen (secondary N) is 1. The van der Waals surface area contributed by atoms with Crippen LogP contribution >= 0.6 is 11.3 Å². The van der Waals surface area contributed by atoms with Gasteiger partial charge in [0.25, 0.3) is 0 Å². The average molecular weight is 335 g/mol. The summed E-state index contributed by atoms with van der Waals surface area (Å²) in [5.74, 6) is 1.68. The fourth-order valence-corrected chi connectivity index (χ4v) is 3.27. The summed E-state index contributed by atoms with van der Waals surface area (Å²) < 4.78 is 2.08. The zero-order valence-electron chi connectivity index (χ0n) is 13.1. The standard InChI is InChI=1S/C18H17N5S/c1-2-6-15-14(5-1)17(20-8-4-10-23-11-9-19-13-23)22-18(21-15)16-7-3-12-24-16/h1-3,5-7,9,11-13H,4,8,10H2,(H,20,21,22). The topological polar surface area (TPSA) is 55.6 Å². The summed E-state index contributed by atoms with van der Waals surface area (Å²) in [7, 11) is 0. The Hall–Kier alpha value is -2.73. The van der Waals surface area contributed by atoms with Crippen LogP contribution in [0, 0.1) is 0 Å². The van der Waals surface area contributed by atoms with Gasteiger partial charge in [0.2, 0.25) is 0 Å². The summed E-state index contributed by atoms with van der Waals surface area (Å²) in [5.41, 5.74) is 0.966. The van der Waals surface area contributed by atoms with Crippen LogP contribution in [0.3, 0.4) is 0 Å². The van der Waals surface area contributed by atoms with E-state index >= 15 is 0 Å². The van der Waals surface area contributed by atoms with Crippen molar-refractivity contribution in [2.24, 2.45) is 0 Å². The van der Waals surface area contributed by atoms with Crippen LogP contribution in [0.5, 0.6) is 0 Å². The molecule has 1 N–H and O–H groups in total. The highest BCUT2D eigenvalue weighted by atomic mass is 32.1. The Balaban J connectivity index is 1.56. The second kappa shape index (κ2) is 6.80. The minimum Gasteiger partial charge on any atom is -0.369 e. The van der Waals surface area contributed by atoms with E-state index in [2.05, 4.69) is 27.0 Å². The first-order chi connectivity index (χ1) is 11.9. The van der Waals surface area contributed by atoms with Gasteiger partial charge < -0.3 is 9.88 Å². The molecule has 0 aliphatic carbocycles. The lowest BCUT2D eigenvalue weighted by Crippen LogP contribution is -2.08. The number of rotatable bonds is 6. The Bertz CT molecular complexity index is 916. The smallest absolute Gasteiger partial charge is 0.172 e. The highest BCUT2D eigenvalue weighted by molar-refractivity contribution is 7.13. The maximum atomic E-state index is 4.75. The highest BCUT2D eigenvalue weighted by Gasteiger charge is 2.09. The van der Waals surface area contributed by atoms with Gasteiger partial charge in [0.1, 0.15) is 5.82 Å². The van der Waals surface area contributed by atoms with Gasteiger partial charge in [-0.2, -0.15) is 0 Å². The van der Waals surface area contributed by atoms with Crippen molar-refractivity contribution < 1.29 is 0 Å². The van der Waals surface area contributed by atoms with Crippen LogP contribution < -0.4 is 5.32 Å². The lowest BCUT2D eigenvalue weighted by atomic mass is 10.2. The minimum atomic E-state index is 0.779. The molecule has 0 amide bonds. The largest absolute Gasteiger partial charge is 0.369 e. The number of para-hydroxylation sites is 1. The van der Waals surface area contributed by atoms with Crippen LogP contribution in [-0.2, 0) is 6.54 Å². The number of hydrogen-bond acceptors (Lipinski definition) is 5. The third-order valence-corrected chi connectivity index (χ3v) is 4.66. The molecule has 0 aliphatic rings. The van der Waals surface area contributed by atoms with Crippen molar-refractivity contribution in [1.82, 2.24) is 19.5 Å². The number of aryl methyl sites for hydroxylation is 1. The van der Waals surface area contributed by atoms with E-state index in [0.29, 0.717) is 0 Å². The number of thiophene rings is 1. The molecule has 0 spiro atoms. The predicted molar refractivity (Wildman–Crippen MR) is 98.2 cm³/mol. The number of imidazole rings is 1. The van der Waals surface area contributed by atoms with Crippen molar-refractivity contribution in [3.8, 4) is 10.7 Å². The number of nitrogens with zero attached hydrogens (tertiary/aromatic N) is 4. The first kappa shape index (κ1) is 14.8. The van der Waals surface area contributed by atoms with E-state index in [0.717, 1.165) is 46.9 Å². The molecule has 0 fully saturated rings. The molecule has 6 heteroatoms. The average Bonchev–Trinajstić information content (AvgIpc) is 3.32. The van der Waals surface area contributed by atoms with E-state index in [9.17, 15) is 0 Å². The third-order valence-electron chi connectivity index (χ3n) is 3.79. The van der Waals surface area contributed by atoms with Crippen molar-refractivity contribution >= 4 is 28.1 Å². The van der Waals surface area contributed by atoms with Gasteiger partial charge in [-0.1, -0.05) is 18.2 Å². The second-order valence-electron chi connectivity index (χ2n) is 5.47. The zero-order valence-corrected chi connectivity index (χ0v) is 13.9. The van der Waals surface area contributed by atoms with Crippen molar-refractivity contribution in [3.63, 3.8) is 0 Å². The molecule has 3 aromatic heterocycles. The van der Waals surface area contributed by atoms with Crippen LogP contribution in [0.2, 0.25) is 0 Å². The Morgan fingerprint density at radius 3 is 2.88 bits per heavy atom. The lowest BCUT2D eigenvalue weighted by molar-refractivity contribution is 0.660. The van der Waals surface area contributed by atoms with Crippen LogP contribution in [0.1, 0.15) is 6.42 Å². The summed E-state index contributed by atoms with van der Waals surface area (Å²) in [6.45, 7) is 1.79. The molecule has 0 saturated heterocycles. The Kier molecular flexibility index (Phi) is 4.20. The normalized spacial score (nSPS) is 11.0. The van der Waals surface area contributed by atoms with Gasteiger partial charge in [0.15, 0.2) is 5.82 Å². The van der Waals surface area contributed by atoms with Crippen LogP contribution in [-0.4, -0.2) is 26.1 Å². The molecule has 0 unspecified atom stereocenters. The summed E-state index contributed by atoms with van der Waals surface area (Å²) in [4.78, 5) is 14.6. The van der Waals surface area contributed by atoms with E-state index in [4.69, 9.17) is 9.97 Å². The fourth-order valence-electron chi connectivity index (χ4n) is 2.61. The van der Waals surface area contributed by atoms with Crippen molar-refractivity contribution in [1.29, 1.82) is 0 Å². The van der Waals surface area contributed by atoms with E-state index in [1.54, 1.807) is 17.5 Å². The van der Waals surface area contributed by atoms with Crippen molar-refractivity contribution in [2.45, 2.75) is 13.0 Å². The van der Waals surface area contributed by atoms with Gasteiger partial charge in [-0.25, -0.2) is 15.0 Å². The molecule has 0 aliphatic heterocycles. The molecule has 0 radical (unpaired) electrons. The van der Waals surface area contributed by atoms with Crippen LogP contribution in [0.4, 0.5) is 5.82 Å². The number of fused-ring (bicyclic) bond motifs is 1. The maximum absolute atomic E-state index is 4.75. The lowest BCUT2D eigenvalue weighted by Gasteiger charge is -2.10. The van der Waals surface area contributed by atoms with Gasteiger partial charge in [0.05, 0.1) is 16.7 Å². The summed E-state index contributed by atoms with van der Waals surface area (Å²) in [6.07, 6.45) is 6.63. The molecule has 24 heavy (non-hydrogen) atoms. The summed E-state index contributed by atoms with van der Waals surface area (Å²) >= 11 is 1.66. The Morgan fingerprint density at radius 1 is 1.08 bits per heavy atom. The zero-order chi connectivity index (χ0) is 16.2. The fraction of sp³-hybridized carbons (Fsp3) is 0.167. The summed E-state index contributed by atoms with van der Waals surface area (Å²) in [5, 5.41) is 6.58. The van der Waals surface area contributed by atoms with E-state index in [-0.39, 0.29) is 0 Å². The Labute approximate surface area is 144 Å². The molecule has 3 heterocycles. The first-order valence-corrected chi connectivity index (χ1v) is 8.78. The van der Waals surface area contributed by atoms with Crippen LogP contribution in [0.15, 0.2) is 60.5 Å². The molecule has 5 nitrogen and oxygen atoms in total. The SMILES string of the molecule is c1csc(-c2nc(NCCCn3ccnc3)c3ccccc3n2)c1. The first-order valence-electron chi connectivity index (χ1n) is 7.90. The van der Waals surface area contributed by atoms with Crippen molar-refractivity contribution in [3.05, 3.63) is 60.5 Å². The van der Waals surface area contributed by atoms with Crippen molar-refractivity contribution in [2.75, 3.05) is 11.9 Å². The van der Waals surface area contributed by atoms with E-state index in [1.807, 2.05) is 42.2 Å². The van der Waals surface area contributed by atoms with Gasteiger partial charge >= 0.3 is 0 Å². The van der Waals surface area contributed by atoms with Gasteiger partial charge in [-0.15, -0.1) is 11.3 Å². The molecule has 0 saturated carbocycles. The van der Waals surface area contributed by atoms with Crippen LogP contribution in [0.25, 0.3) is 21.6 Å². The van der Waals surface area contributed by atoms with E-state index in [1.165, 1.54) is 0 Å². The number of aromatic nitrogens is 4. The summed E-state index contributed by atoms with van der Waals surface area (Å²) in [6, 6.07) is 12.2.